The summed E-state index contributed by atoms with van der Waals surface area (Å²) in [4.78, 5) is 15.9. The lowest BCUT2D eigenvalue weighted by Gasteiger charge is -2.20. The molecule has 0 aliphatic carbocycles. The Kier molecular flexibility index (Phi) is 10.3. The Hall–Kier alpha value is -0.0900. The highest BCUT2D eigenvalue weighted by molar-refractivity contribution is 7.46. The maximum absolute atomic E-state index is 9.75. The molecule has 100 valence electrons. The average molecular weight is 263 g/mol. The minimum atomic E-state index is -4.34. The highest BCUT2D eigenvalue weighted by Gasteiger charge is 2.20. The summed E-state index contributed by atoms with van der Waals surface area (Å²) in [6.45, 7) is -1.92. The minimum Gasteiger partial charge on any atom is -0.394 e. The van der Waals surface area contributed by atoms with E-state index in [0.717, 1.165) is 0 Å². The highest BCUT2D eigenvalue weighted by atomic mass is 31.2. The van der Waals surface area contributed by atoms with Gasteiger partial charge in [-0.2, -0.15) is 0 Å². The van der Waals surface area contributed by atoms with E-state index in [-0.39, 0.29) is 13.2 Å². The topological polar surface area (TPSA) is 174 Å². The van der Waals surface area contributed by atoms with Crippen LogP contribution in [0.25, 0.3) is 0 Å². The number of phosphoric acid groups is 1. The van der Waals surface area contributed by atoms with Gasteiger partial charge < -0.3 is 35.9 Å². The van der Waals surface area contributed by atoms with Gasteiger partial charge in [-0.1, -0.05) is 0 Å². The monoisotopic (exact) mass is 263 g/mol. The quantitative estimate of drug-likeness (QED) is 0.243. The van der Waals surface area contributed by atoms with Crippen LogP contribution >= 0.6 is 7.82 Å². The predicted octanol–water partition coefficient (Wildman–Crippen LogP) is -3.25. The van der Waals surface area contributed by atoms with E-state index in [1.165, 1.54) is 0 Å². The first-order chi connectivity index (χ1) is 7.24. The molecule has 0 amide bonds. The Bertz CT molecular complexity index is 194. The number of hydrogen-bond acceptors (Lipinski definition) is 7. The molecule has 0 aliphatic rings. The van der Waals surface area contributed by atoms with Crippen LogP contribution < -0.4 is 5.73 Å². The Morgan fingerprint density at radius 3 is 1.50 bits per heavy atom. The van der Waals surface area contributed by atoms with Gasteiger partial charge in [0.25, 0.3) is 0 Å². The van der Waals surface area contributed by atoms with E-state index in [1.54, 1.807) is 0 Å². The van der Waals surface area contributed by atoms with Crippen LogP contribution in [-0.4, -0.2) is 68.8 Å². The molecule has 10 heteroatoms. The highest BCUT2D eigenvalue weighted by Crippen LogP contribution is 2.34. The molecule has 0 unspecified atom stereocenters. The number of phosphoric ester groups is 1. The van der Waals surface area contributed by atoms with Gasteiger partial charge in [-0.15, -0.1) is 0 Å². The second-order valence-electron chi connectivity index (χ2n) is 2.88. The molecular weight excluding hydrogens is 245 g/mol. The van der Waals surface area contributed by atoms with Gasteiger partial charge in [0.1, 0.15) is 0 Å². The fourth-order valence-electron chi connectivity index (χ4n) is 0.310. The fraction of sp³-hybridized carbons (Fsp3) is 1.00. The van der Waals surface area contributed by atoms with Crippen LogP contribution in [0, 0.1) is 0 Å². The second kappa shape index (κ2) is 8.99. The Morgan fingerprint density at radius 1 is 1.06 bits per heavy atom. The van der Waals surface area contributed by atoms with E-state index in [0.29, 0.717) is 0 Å². The van der Waals surface area contributed by atoms with Gasteiger partial charge >= 0.3 is 7.82 Å². The van der Waals surface area contributed by atoms with Gasteiger partial charge in [0, 0.05) is 0 Å². The van der Waals surface area contributed by atoms with Gasteiger partial charge in [-0.05, 0) is 0 Å². The summed E-state index contributed by atoms with van der Waals surface area (Å²) in [7, 11) is -4.34. The van der Waals surface area contributed by atoms with Crippen LogP contribution in [-0.2, 0) is 9.09 Å². The molecule has 0 fully saturated rings. The third kappa shape index (κ3) is 12.0. The normalized spacial score (nSPS) is 11.9. The van der Waals surface area contributed by atoms with E-state index in [2.05, 4.69) is 4.52 Å². The molecule has 0 aromatic rings. The molecule has 16 heavy (non-hydrogen) atoms. The van der Waals surface area contributed by atoms with Crippen molar-refractivity contribution in [3.8, 4) is 0 Å². The first-order valence-electron chi connectivity index (χ1n) is 4.17. The van der Waals surface area contributed by atoms with Crippen LogP contribution in [0.1, 0.15) is 0 Å². The van der Waals surface area contributed by atoms with Crippen LogP contribution in [0.4, 0.5) is 0 Å². The van der Waals surface area contributed by atoms with Crippen LogP contribution in [0.5, 0.6) is 0 Å². The Morgan fingerprint density at radius 2 is 1.44 bits per heavy atom. The SMILES string of the molecule is NC(CO)(CO)CO.O=P(O)(O)OCCO. The second-order valence-corrected chi connectivity index (χ2v) is 4.12. The first kappa shape index (κ1) is 18.3. The number of rotatable bonds is 6. The van der Waals surface area contributed by atoms with Gasteiger partial charge in [0.15, 0.2) is 0 Å². The van der Waals surface area contributed by atoms with Crippen LogP contribution in [0.3, 0.4) is 0 Å². The summed E-state index contributed by atoms with van der Waals surface area (Å²) in [5.74, 6) is 0. The van der Waals surface area contributed by atoms with Crippen molar-refractivity contribution in [2.45, 2.75) is 5.54 Å². The molecule has 9 nitrogen and oxygen atoms in total. The minimum absolute atomic E-state index is 0.329. The van der Waals surface area contributed by atoms with E-state index >= 15 is 0 Å². The lowest BCUT2D eigenvalue weighted by atomic mass is 10.1. The first-order valence-corrected chi connectivity index (χ1v) is 5.70. The number of aliphatic hydroxyl groups excluding tert-OH is 4. The largest absolute Gasteiger partial charge is 0.469 e. The molecule has 0 aromatic heterocycles. The van der Waals surface area contributed by atoms with Crippen molar-refractivity contribution < 1.29 is 39.3 Å². The van der Waals surface area contributed by atoms with Crippen molar-refractivity contribution in [1.29, 1.82) is 0 Å². The summed E-state index contributed by atoms with van der Waals surface area (Å²) >= 11 is 0. The maximum Gasteiger partial charge on any atom is 0.469 e. The smallest absolute Gasteiger partial charge is 0.394 e. The molecule has 0 heterocycles. The predicted molar refractivity (Wildman–Crippen MR) is 53.3 cm³/mol. The number of nitrogens with two attached hydrogens (primary N) is 1. The molecule has 0 aromatic carbocycles. The zero-order chi connectivity index (χ0) is 13.2. The van der Waals surface area contributed by atoms with Gasteiger partial charge in [-0.3, -0.25) is 4.52 Å². The molecule has 0 spiro atoms. The Balaban J connectivity index is 0. The summed E-state index contributed by atoms with van der Waals surface area (Å²) in [5.41, 5.74) is 3.94. The number of hydrogen-bond donors (Lipinski definition) is 7. The van der Waals surface area contributed by atoms with Crippen molar-refractivity contribution >= 4 is 7.82 Å². The van der Waals surface area contributed by atoms with Gasteiger partial charge in [0.2, 0.25) is 0 Å². The molecule has 0 rings (SSSR count). The third-order valence-corrected chi connectivity index (χ3v) is 1.81. The van der Waals surface area contributed by atoms with E-state index in [1.807, 2.05) is 0 Å². The summed E-state index contributed by atoms with van der Waals surface area (Å²) in [6, 6.07) is 0. The van der Waals surface area contributed by atoms with Crippen molar-refractivity contribution in [3.05, 3.63) is 0 Å². The molecule has 0 bridgehead atoms. The van der Waals surface area contributed by atoms with E-state index in [4.69, 9.17) is 35.9 Å². The fourth-order valence-corrected chi connectivity index (χ4v) is 0.629. The standard InChI is InChI=1S/C4H11NO3.C2H7O5P/c5-4(1-6,2-7)3-8;3-1-2-7-8(4,5)6/h6-8H,1-3,5H2;3H,1-2H2,(H2,4,5,6). The molecule has 8 N–H and O–H groups in total. The third-order valence-electron chi connectivity index (χ3n) is 1.30. The molecular formula is C6H18NO8P. The molecule has 0 saturated carbocycles. The molecule has 0 radical (unpaired) electrons. The van der Waals surface area contributed by atoms with Crippen molar-refractivity contribution in [1.82, 2.24) is 0 Å². The summed E-state index contributed by atoms with van der Waals surface area (Å²) < 4.78 is 13.5. The Labute approximate surface area is 92.3 Å². The van der Waals surface area contributed by atoms with Crippen molar-refractivity contribution in [3.63, 3.8) is 0 Å². The number of aliphatic hydroxyl groups is 4. The average Bonchev–Trinajstić information content (AvgIpc) is 2.25. The zero-order valence-corrected chi connectivity index (χ0v) is 9.45. The van der Waals surface area contributed by atoms with E-state index < -0.39 is 33.2 Å². The lowest BCUT2D eigenvalue weighted by molar-refractivity contribution is 0.0697. The van der Waals surface area contributed by atoms with Crippen LogP contribution in [0.15, 0.2) is 0 Å². The molecule has 0 aliphatic heterocycles. The van der Waals surface area contributed by atoms with Gasteiger partial charge in [-0.25, -0.2) is 4.57 Å². The van der Waals surface area contributed by atoms with Crippen LogP contribution in [0.2, 0.25) is 0 Å². The van der Waals surface area contributed by atoms with Gasteiger partial charge in [0.05, 0.1) is 38.6 Å². The lowest BCUT2D eigenvalue weighted by Crippen LogP contribution is -2.50. The zero-order valence-electron chi connectivity index (χ0n) is 8.56. The molecule has 0 saturated heterocycles. The maximum atomic E-state index is 9.75. The molecule has 0 atom stereocenters. The van der Waals surface area contributed by atoms with Crippen molar-refractivity contribution in [2.24, 2.45) is 5.73 Å². The van der Waals surface area contributed by atoms with E-state index in [9.17, 15) is 4.57 Å². The summed E-state index contributed by atoms with van der Waals surface area (Å²) in [6.07, 6.45) is 0. The summed E-state index contributed by atoms with van der Waals surface area (Å²) in [5, 5.41) is 33.0. The van der Waals surface area contributed by atoms with Crippen molar-refractivity contribution in [2.75, 3.05) is 33.0 Å².